The van der Waals surface area contributed by atoms with Crippen LogP contribution < -0.4 is 5.32 Å². The molecule has 1 saturated carbocycles. The van der Waals surface area contributed by atoms with Gasteiger partial charge in [0, 0.05) is 16.2 Å². The van der Waals surface area contributed by atoms with E-state index in [0.29, 0.717) is 6.04 Å². The minimum Gasteiger partial charge on any atom is -0.325 e. The molecule has 1 aromatic carbocycles. The number of hydrogen-bond acceptors (Lipinski definition) is 4. The molecule has 1 heterocycles. The number of carbonyl (C=O) groups is 1. The van der Waals surface area contributed by atoms with Gasteiger partial charge in [-0.25, -0.2) is 0 Å². The molecule has 1 unspecified atom stereocenters. The van der Waals surface area contributed by atoms with Crippen LogP contribution in [-0.4, -0.2) is 25.9 Å². The predicted octanol–water partition coefficient (Wildman–Crippen LogP) is 3.49. The number of halogens is 1. The summed E-state index contributed by atoms with van der Waals surface area (Å²) in [5.74, 6) is -0.0346. The molecule has 7 heteroatoms. The molecule has 0 radical (unpaired) electrons. The molecule has 0 aliphatic heterocycles. The number of benzene rings is 1. The maximum absolute atomic E-state index is 12.2. The molecule has 1 aliphatic rings. The van der Waals surface area contributed by atoms with Crippen LogP contribution >= 0.6 is 27.7 Å². The maximum atomic E-state index is 12.2. The highest BCUT2D eigenvalue weighted by Crippen LogP contribution is 2.38. The molecule has 1 fully saturated rings. The van der Waals surface area contributed by atoms with Gasteiger partial charge in [-0.05, 0) is 44.0 Å². The van der Waals surface area contributed by atoms with Gasteiger partial charge in [0.2, 0.25) is 5.91 Å². The van der Waals surface area contributed by atoms with Crippen molar-refractivity contribution in [3.8, 4) is 0 Å². The monoisotopic (exact) mass is 366 g/mol. The average molecular weight is 367 g/mol. The zero-order chi connectivity index (χ0) is 14.8. The molecule has 1 amide bonds. The summed E-state index contributed by atoms with van der Waals surface area (Å²) in [5, 5.41) is 11.5. The second-order valence-corrected chi connectivity index (χ2v) is 7.23. The van der Waals surface area contributed by atoms with Gasteiger partial charge < -0.3 is 9.88 Å². The summed E-state index contributed by atoms with van der Waals surface area (Å²) in [4.78, 5) is 12.2. The van der Waals surface area contributed by atoms with Gasteiger partial charge in [0.1, 0.15) is 6.33 Å². The van der Waals surface area contributed by atoms with E-state index in [4.69, 9.17) is 0 Å². The van der Waals surface area contributed by atoms with Gasteiger partial charge in [0.15, 0.2) is 5.16 Å². The lowest BCUT2D eigenvalue weighted by Gasteiger charge is -2.12. The first-order valence-corrected chi connectivity index (χ1v) is 8.43. The fourth-order valence-corrected chi connectivity index (χ4v) is 3.07. The van der Waals surface area contributed by atoms with Gasteiger partial charge in [-0.3, -0.25) is 4.79 Å². The minimum atomic E-state index is -0.227. The SMILES string of the molecule is CC(Sc1nncn1C1CC1)C(=O)Nc1ccc(Br)cc1. The third-order valence-electron chi connectivity index (χ3n) is 3.24. The second kappa shape index (κ2) is 6.19. The van der Waals surface area contributed by atoms with Crippen LogP contribution in [0.25, 0.3) is 0 Å². The number of thioether (sulfide) groups is 1. The lowest BCUT2D eigenvalue weighted by molar-refractivity contribution is -0.115. The zero-order valence-corrected chi connectivity index (χ0v) is 13.9. The van der Waals surface area contributed by atoms with E-state index in [2.05, 4.69) is 36.0 Å². The average Bonchev–Trinajstić information content (AvgIpc) is 3.21. The molecule has 21 heavy (non-hydrogen) atoms. The summed E-state index contributed by atoms with van der Waals surface area (Å²) in [6.07, 6.45) is 4.09. The van der Waals surface area contributed by atoms with Crippen LogP contribution in [0.2, 0.25) is 0 Å². The van der Waals surface area contributed by atoms with Gasteiger partial charge in [0.25, 0.3) is 0 Å². The van der Waals surface area contributed by atoms with Crippen molar-refractivity contribution in [1.82, 2.24) is 14.8 Å². The van der Waals surface area contributed by atoms with E-state index >= 15 is 0 Å². The van der Waals surface area contributed by atoms with Crippen molar-refractivity contribution in [2.45, 2.75) is 36.2 Å². The highest BCUT2D eigenvalue weighted by Gasteiger charge is 2.27. The van der Waals surface area contributed by atoms with Gasteiger partial charge in [0.05, 0.1) is 5.25 Å². The minimum absolute atomic E-state index is 0.0346. The number of aromatic nitrogens is 3. The third kappa shape index (κ3) is 3.65. The van der Waals surface area contributed by atoms with Crippen molar-refractivity contribution >= 4 is 39.3 Å². The molecule has 0 spiro atoms. The Bertz CT molecular complexity index is 639. The van der Waals surface area contributed by atoms with E-state index in [0.717, 1.165) is 15.3 Å². The molecule has 1 atom stereocenters. The van der Waals surface area contributed by atoms with E-state index in [1.54, 1.807) is 6.33 Å². The van der Waals surface area contributed by atoms with E-state index in [1.165, 1.54) is 24.6 Å². The van der Waals surface area contributed by atoms with Crippen molar-refractivity contribution in [3.05, 3.63) is 35.1 Å². The molecule has 1 N–H and O–H groups in total. The summed E-state index contributed by atoms with van der Waals surface area (Å²) in [6, 6.07) is 8.05. The highest BCUT2D eigenvalue weighted by molar-refractivity contribution is 9.10. The Morgan fingerprint density at radius 2 is 2.14 bits per heavy atom. The van der Waals surface area contributed by atoms with E-state index < -0.39 is 0 Å². The van der Waals surface area contributed by atoms with Crippen molar-refractivity contribution < 1.29 is 4.79 Å². The van der Waals surface area contributed by atoms with Crippen LogP contribution in [0.15, 0.2) is 40.2 Å². The number of amides is 1. The number of anilines is 1. The molecule has 0 bridgehead atoms. The molecule has 110 valence electrons. The fraction of sp³-hybridized carbons (Fsp3) is 0.357. The third-order valence-corrected chi connectivity index (χ3v) is 4.84. The Labute approximate surface area is 135 Å². The van der Waals surface area contributed by atoms with Crippen LogP contribution in [0.3, 0.4) is 0 Å². The van der Waals surface area contributed by atoms with Gasteiger partial charge >= 0.3 is 0 Å². The lowest BCUT2D eigenvalue weighted by atomic mass is 10.3. The smallest absolute Gasteiger partial charge is 0.237 e. The Balaban J connectivity index is 1.61. The first kappa shape index (κ1) is 14.6. The quantitative estimate of drug-likeness (QED) is 0.822. The van der Waals surface area contributed by atoms with E-state index in [-0.39, 0.29) is 11.2 Å². The summed E-state index contributed by atoms with van der Waals surface area (Å²) >= 11 is 4.82. The summed E-state index contributed by atoms with van der Waals surface area (Å²) in [6.45, 7) is 1.88. The molecule has 1 aromatic heterocycles. The molecule has 1 aliphatic carbocycles. The predicted molar refractivity (Wildman–Crippen MR) is 86.4 cm³/mol. The van der Waals surface area contributed by atoms with E-state index in [1.807, 2.05) is 31.2 Å². The number of carbonyl (C=O) groups excluding carboxylic acids is 1. The molecular formula is C14H15BrN4OS. The van der Waals surface area contributed by atoms with Gasteiger partial charge in [-0.15, -0.1) is 10.2 Å². The van der Waals surface area contributed by atoms with Crippen molar-refractivity contribution in [2.24, 2.45) is 0 Å². The van der Waals surface area contributed by atoms with Crippen LogP contribution in [0.5, 0.6) is 0 Å². The van der Waals surface area contributed by atoms with Crippen LogP contribution in [0, 0.1) is 0 Å². The number of nitrogens with zero attached hydrogens (tertiary/aromatic N) is 3. The maximum Gasteiger partial charge on any atom is 0.237 e. The Morgan fingerprint density at radius 1 is 1.43 bits per heavy atom. The Kier molecular flexibility index (Phi) is 4.30. The summed E-state index contributed by atoms with van der Waals surface area (Å²) < 4.78 is 3.05. The first-order chi connectivity index (χ1) is 10.1. The normalized spacial score (nSPS) is 15.7. The van der Waals surface area contributed by atoms with E-state index in [9.17, 15) is 4.79 Å². The molecule has 5 nitrogen and oxygen atoms in total. The van der Waals surface area contributed by atoms with Gasteiger partial charge in [-0.1, -0.05) is 27.7 Å². The van der Waals surface area contributed by atoms with Crippen molar-refractivity contribution in [2.75, 3.05) is 5.32 Å². The van der Waals surface area contributed by atoms with Crippen molar-refractivity contribution in [1.29, 1.82) is 0 Å². The summed E-state index contributed by atoms with van der Waals surface area (Å²) in [5.41, 5.74) is 0.791. The summed E-state index contributed by atoms with van der Waals surface area (Å²) in [7, 11) is 0. The first-order valence-electron chi connectivity index (χ1n) is 6.76. The fourth-order valence-electron chi connectivity index (χ4n) is 1.91. The number of nitrogens with one attached hydrogen (secondary N) is 1. The lowest BCUT2D eigenvalue weighted by Crippen LogP contribution is -2.22. The largest absolute Gasteiger partial charge is 0.325 e. The standard InChI is InChI=1S/C14H15BrN4OS/c1-9(13(20)17-11-4-2-10(15)3-5-11)21-14-18-16-8-19(14)12-6-7-12/h2-5,8-9,12H,6-7H2,1H3,(H,17,20). The highest BCUT2D eigenvalue weighted by atomic mass is 79.9. The zero-order valence-electron chi connectivity index (χ0n) is 11.5. The molecule has 0 saturated heterocycles. The van der Waals surface area contributed by atoms with Crippen LogP contribution in [0.1, 0.15) is 25.8 Å². The Morgan fingerprint density at radius 3 is 2.81 bits per heavy atom. The molecule has 2 aromatic rings. The Hall–Kier alpha value is -1.34. The number of hydrogen-bond donors (Lipinski definition) is 1. The molecule has 3 rings (SSSR count). The second-order valence-electron chi connectivity index (χ2n) is 5.01. The van der Waals surface area contributed by atoms with Gasteiger partial charge in [-0.2, -0.15) is 0 Å². The topological polar surface area (TPSA) is 59.8 Å². The van der Waals surface area contributed by atoms with Crippen molar-refractivity contribution in [3.63, 3.8) is 0 Å². The van der Waals surface area contributed by atoms with Crippen LogP contribution in [0.4, 0.5) is 5.69 Å². The van der Waals surface area contributed by atoms with Crippen LogP contribution in [-0.2, 0) is 4.79 Å². The number of rotatable bonds is 5. The molecular weight excluding hydrogens is 352 g/mol.